The molecule has 100 valence electrons. The monoisotopic (exact) mass is 260 g/mol. The van der Waals surface area contributed by atoms with Gasteiger partial charge in [-0.25, -0.2) is 0 Å². The molecule has 0 aliphatic carbocycles. The van der Waals surface area contributed by atoms with Crippen LogP contribution in [-0.2, 0) is 5.41 Å². The number of anilines is 1. The van der Waals surface area contributed by atoms with E-state index >= 15 is 0 Å². The zero-order valence-corrected chi connectivity index (χ0v) is 11.1. The van der Waals surface area contributed by atoms with Gasteiger partial charge < -0.3 is 10.3 Å². The van der Waals surface area contributed by atoms with Gasteiger partial charge in [-0.1, -0.05) is 20.8 Å². The molecule has 0 saturated carbocycles. The molecule has 2 aromatic heterocycles. The highest BCUT2D eigenvalue weighted by Gasteiger charge is 2.17. The Balaban J connectivity index is 2.16. The van der Waals surface area contributed by atoms with Gasteiger partial charge in [0.25, 0.3) is 5.91 Å². The zero-order chi connectivity index (χ0) is 14.0. The quantitative estimate of drug-likeness (QED) is 0.766. The number of pyridine rings is 1. The fourth-order valence-electron chi connectivity index (χ4n) is 1.54. The maximum absolute atomic E-state index is 11.9. The summed E-state index contributed by atoms with van der Waals surface area (Å²) >= 11 is 0. The SMILES string of the molecule is CC(C)(C)c1cc(NC(=O)c2cc[nH]c(=O)c2)n[nH]1. The maximum Gasteiger partial charge on any atom is 0.257 e. The number of aromatic amines is 2. The Morgan fingerprint density at radius 3 is 2.63 bits per heavy atom. The third kappa shape index (κ3) is 3.09. The third-order valence-corrected chi connectivity index (χ3v) is 2.66. The van der Waals surface area contributed by atoms with Gasteiger partial charge in [-0.05, 0) is 6.07 Å². The number of rotatable bonds is 2. The van der Waals surface area contributed by atoms with E-state index < -0.39 is 0 Å². The first-order chi connectivity index (χ1) is 8.86. The number of hydrogen-bond acceptors (Lipinski definition) is 3. The van der Waals surface area contributed by atoms with E-state index in [2.05, 4.69) is 20.5 Å². The van der Waals surface area contributed by atoms with Crippen molar-refractivity contribution >= 4 is 11.7 Å². The van der Waals surface area contributed by atoms with E-state index in [1.165, 1.54) is 18.3 Å². The van der Waals surface area contributed by atoms with Crippen molar-refractivity contribution in [1.29, 1.82) is 0 Å². The van der Waals surface area contributed by atoms with Crippen LogP contribution >= 0.6 is 0 Å². The standard InChI is InChI=1S/C13H16N4O2/c1-13(2,3)9-7-10(17-16-9)15-12(19)8-4-5-14-11(18)6-8/h4-7H,1-3H3,(H,14,18)(H2,15,16,17,19). The van der Waals surface area contributed by atoms with Crippen LogP contribution in [0.3, 0.4) is 0 Å². The van der Waals surface area contributed by atoms with E-state index in [4.69, 9.17) is 0 Å². The lowest BCUT2D eigenvalue weighted by molar-refractivity contribution is 0.102. The van der Waals surface area contributed by atoms with Crippen molar-refractivity contribution in [3.05, 3.63) is 46.0 Å². The first-order valence-electron chi connectivity index (χ1n) is 5.92. The third-order valence-electron chi connectivity index (χ3n) is 2.66. The lowest BCUT2D eigenvalue weighted by atomic mass is 9.92. The average molecular weight is 260 g/mol. The largest absolute Gasteiger partial charge is 0.329 e. The Bertz CT molecular complexity index is 649. The summed E-state index contributed by atoms with van der Waals surface area (Å²) in [5, 5.41) is 9.55. The highest BCUT2D eigenvalue weighted by atomic mass is 16.2. The van der Waals surface area contributed by atoms with Gasteiger partial charge in [-0.3, -0.25) is 14.7 Å². The van der Waals surface area contributed by atoms with E-state index in [9.17, 15) is 9.59 Å². The highest BCUT2D eigenvalue weighted by molar-refractivity contribution is 6.03. The van der Waals surface area contributed by atoms with Crippen LogP contribution in [0.25, 0.3) is 0 Å². The molecule has 0 unspecified atom stereocenters. The molecule has 0 saturated heterocycles. The molecule has 2 rings (SSSR count). The van der Waals surface area contributed by atoms with E-state index in [1.54, 1.807) is 6.07 Å². The molecule has 0 spiro atoms. The molecule has 2 aromatic rings. The molecule has 0 atom stereocenters. The fourth-order valence-corrected chi connectivity index (χ4v) is 1.54. The Morgan fingerprint density at radius 1 is 1.32 bits per heavy atom. The molecule has 6 nitrogen and oxygen atoms in total. The van der Waals surface area contributed by atoms with Crippen molar-refractivity contribution < 1.29 is 4.79 Å². The summed E-state index contributed by atoms with van der Waals surface area (Å²) in [6.45, 7) is 6.13. The Kier molecular flexibility index (Phi) is 3.25. The predicted molar refractivity (Wildman–Crippen MR) is 72.3 cm³/mol. The zero-order valence-electron chi connectivity index (χ0n) is 11.1. The van der Waals surface area contributed by atoms with Crippen molar-refractivity contribution in [2.75, 3.05) is 5.32 Å². The number of nitrogens with zero attached hydrogens (tertiary/aromatic N) is 1. The molecule has 0 fully saturated rings. The molecule has 2 heterocycles. The normalized spacial score (nSPS) is 11.3. The second kappa shape index (κ2) is 4.72. The van der Waals surface area contributed by atoms with Gasteiger partial charge in [0, 0.05) is 35.0 Å². The molecule has 0 aliphatic rings. The molecule has 0 bridgehead atoms. The molecular weight excluding hydrogens is 244 g/mol. The minimum absolute atomic E-state index is 0.0696. The van der Waals surface area contributed by atoms with Crippen LogP contribution in [0.4, 0.5) is 5.82 Å². The van der Waals surface area contributed by atoms with Crippen molar-refractivity contribution in [3.63, 3.8) is 0 Å². The fraction of sp³-hybridized carbons (Fsp3) is 0.308. The van der Waals surface area contributed by atoms with Gasteiger partial charge in [0.15, 0.2) is 5.82 Å². The number of hydrogen-bond donors (Lipinski definition) is 3. The maximum atomic E-state index is 11.9. The summed E-state index contributed by atoms with van der Waals surface area (Å²) in [6.07, 6.45) is 1.43. The summed E-state index contributed by atoms with van der Waals surface area (Å²) in [6, 6.07) is 4.56. The smallest absolute Gasteiger partial charge is 0.257 e. The van der Waals surface area contributed by atoms with Gasteiger partial charge in [0.05, 0.1) is 0 Å². The molecule has 0 aliphatic heterocycles. The predicted octanol–water partition coefficient (Wildman–Crippen LogP) is 1.65. The Labute approximate surface area is 110 Å². The van der Waals surface area contributed by atoms with Gasteiger partial charge in [-0.15, -0.1) is 0 Å². The van der Waals surface area contributed by atoms with E-state index in [0.29, 0.717) is 11.4 Å². The highest BCUT2D eigenvalue weighted by Crippen LogP contribution is 2.22. The van der Waals surface area contributed by atoms with Crippen LogP contribution in [0.15, 0.2) is 29.2 Å². The number of amides is 1. The van der Waals surface area contributed by atoms with Gasteiger partial charge in [-0.2, -0.15) is 5.10 Å². The van der Waals surface area contributed by atoms with Crippen LogP contribution in [-0.4, -0.2) is 21.1 Å². The van der Waals surface area contributed by atoms with E-state index in [-0.39, 0.29) is 16.9 Å². The van der Waals surface area contributed by atoms with Gasteiger partial charge in [0.1, 0.15) is 0 Å². The minimum Gasteiger partial charge on any atom is -0.329 e. The molecule has 6 heteroatoms. The summed E-state index contributed by atoms with van der Waals surface area (Å²) in [4.78, 5) is 25.5. The van der Waals surface area contributed by atoms with Crippen molar-refractivity contribution in [3.8, 4) is 0 Å². The molecule has 1 amide bonds. The molecule has 0 radical (unpaired) electrons. The number of aromatic nitrogens is 3. The lowest BCUT2D eigenvalue weighted by Crippen LogP contribution is -2.15. The van der Waals surface area contributed by atoms with E-state index in [1.807, 2.05) is 20.8 Å². The molecule has 0 aromatic carbocycles. The summed E-state index contributed by atoms with van der Waals surface area (Å²) in [5.41, 5.74) is 0.836. The van der Waals surface area contributed by atoms with Crippen LogP contribution in [0, 0.1) is 0 Å². The molecular formula is C13H16N4O2. The van der Waals surface area contributed by atoms with Crippen molar-refractivity contribution in [2.24, 2.45) is 0 Å². The summed E-state index contributed by atoms with van der Waals surface area (Å²) < 4.78 is 0. The first kappa shape index (κ1) is 13.1. The summed E-state index contributed by atoms with van der Waals surface area (Å²) in [5.74, 6) is 0.0771. The Hall–Kier alpha value is -2.37. The van der Waals surface area contributed by atoms with Crippen LogP contribution in [0.2, 0.25) is 0 Å². The van der Waals surface area contributed by atoms with Crippen LogP contribution in [0.1, 0.15) is 36.8 Å². The number of H-pyrrole nitrogens is 2. The van der Waals surface area contributed by atoms with Gasteiger partial charge >= 0.3 is 0 Å². The lowest BCUT2D eigenvalue weighted by Gasteiger charge is -2.14. The van der Waals surface area contributed by atoms with Crippen molar-refractivity contribution in [1.82, 2.24) is 15.2 Å². The second-order valence-corrected chi connectivity index (χ2v) is 5.31. The number of carbonyl (C=O) groups is 1. The average Bonchev–Trinajstić information content (AvgIpc) is 2.77. The van der Waals surface area contributed by atoms with Crippen LogP contribution in [0.5, 0.6) is 0 Å². The number of carbonyl (C=O) groups excluding carboxylic acids is 1. The van der Waals surface area contributed by atoms with Gasteiger partial charge in [0.2, 0.25) is 5.56 Å². The molecule has 3 N–H and O–H groups in total. The first-order valence-corrected chi connectivity index (χ1v) is 5.92. The second-order valence-electron chi connectivity index (χ2n) is 5.31. The topological polar surface area (TPSA) is 90.6 Å². The number of nitrogens with one attached hydrogen (secondary N) is 3. The Morgan fingerprint density at radius 2 is 2.05 bits per heavy atom. The van der Waals surface area contributed by atoms with E-state index in [0.717, 1.165) is 5.69 Å². The van der Waals surface area contributed by atoms with Crippen LogP contribution < -0.4 is 10.9 Å². The summed E-state index contributed by atoms with van der Waals surface area (Å²) in [7, 11) is 0. The molecule has 19 heavy (non-hydrogen) atoms. The van der Waals surface area contributed by atoms with Crippen molar-refractivity contribution in [2.45, 2.75) is 26.2 Å². The minimum atomic E-state index is -0.363.